The zero-order valence-corrected chi connectivity index (χ0v) is 23.2. The highest BCUT2D eigenvalue weighted by molar-refractivity contribution is 5.70. The Kier molecular flexibility index (Phi) is 9.38. The van der Waals surface area contributed by atoms with Crippen LogP contribution in [0.3, 0.4) is 0 Å². The average Bonchev–Trinajstić information content (AvgIpc) is 3.01. The molecule has 10 N–H and O–H groups in total. The normalized spacial score (nSPS) is 35.2. The van der Waals surface area contributed by atoms with Gasteiger partial charge >= 0.3 is 0 Å². The Balaban J connectivity index is 1.55. The van der Waals surface area contributed by atoms with E-state index in [1.54, 1.807) is 0 Å². The summed E-state index contributed by atoms with van der Waals surface area (Å²) in [5.74, 6) is -0.688. The summed E-state index contributed by atoms with van der Waals surface area (Å²) in [6, 6.07) is 6.61. The molecule has 0 spiro atoms. The molecule has 44 heavy (non-hydrogen) atoms. The Bertz CT molecular complexity index is 1350. The molecule has 3 aliphatic rings. The minimum absolute atomic E-state index is 0.0165. The molecule has 5 rings (SSSR count). The van der Waals surface area contributed by atoms with E-state index in [0.29, 0.717) is 5.56 Å². The summed E-state index contributed by atoms with van der Waals surface area (Å²) in [6.07, 6.45) is -16.0. The fourth-order valence-electron chi connectivity index (χ4n) is 5.10. The molecule has 0 bridgehead atoms. The maximum absolute atomic E-state index is 10.6. The van der Waals surface area contributed by atoms with E-state index in [-0.39, 0.29) is 40.1 Å². The number of hydrogen-bond donors (Lipinski definition) is 10. The maximum atomic E-state index is 10.6. The lowest BCUT2D eigenvalue weighted by atomic mass is 9.98. The third kappa shape index (κ3) is 5.96. The van der Waals surface area contributed by atoms with Crippen molar-refractivity contribution >= 4 is 6.08 Å². The van der Waals surface area contributed by atoms with Crippen molar-refractivity contribution in [3.63, 3.8) is 0 Å². The topological polar surface area (TPSA) is 258 Å². The number of aromatic hydroxyl groups is 2. The van der Waals surface area contributed by atoms with Gasteiger partial charge in [0, 0.05) is 17.7 Å². The van der Waals surface area contributed by atoms with Gasteiger partial charge in [0.05, 0.1) is 25.9 Å². The van der Waals surface area contributed by atoms with Crippen LogP contribution in [0.5, 0.6) is 28.7 Å². The number of methoxy groups -OCH3 is 1. The van der Waals surface area contributed by atoms with E-state index in [1.165, 1.54) is 37.5 Å². The van der Waals surface area contributed by atoms with Crippen LogP contribution in [0, 0.1) is 0 Å². The Morgan fingerprint density at radius 2 is 1.30 bits per heavy atom. The van der Waals surface area contributed by atoms with Crippen LogP contribution in [0.2, 0.25) is 0 Å². The number of ether oxygens (including phenoxy) is 6. The second-order valence-corrected chi connectivity index (χ2v) is 10.5. The first kappa shape index (κ1) is 32.0. The van der Waals surface area contributed by atoms with Gasteiger partial charge in [-0.1, -0.05) is 6.07 Å². The molecule has 242 valence electrons. The van der Waals surface area contributed by atoms with Gasteiger partial charge in [-0.05, 0) is 18.2 Å². The third-order valence-corrected chi connectivity index (χ3v) is 7.58. The summed E-state index contributed by atoms with van der Waals surface area (Å²) in [4.78, 5) is 0. The number of aliphatic hydroxyl groups excluding tert-OH is 8. The molecule has 0 saturated carbocycles. The van der Waals surface area contributed by atoms with Gasteiger partial charge in [-0.2, -0.15) is 0 Å². The molecule has 1 unspecified atom stereocenters. The minimum Gasteiger partial charge on any atom is -0.508 e. The Labute approximate surface area is 249 Å². The summed E-state index contributed by atoms with van der Waals surface area (Å²) in [6.45, 7) is -1.42. The van der Waals surface area contributed by atoms with E-state index in [9.17, 15) is 51.1 Å². The summed E-state index contributed by atoms with van der Waals surface area (Å²) >= 11 is 0. The average molecular weight is 627 g/mol. The predicted molar refractivity (Wildman–Crippen MR) is 143 cm³/mol. The number of hydrogen-bond acceptors (Lipinski definition) is 16. The molecule has 0 aliphatic carbocycles. The van der Waals surface area contributed by atoms with E-state index in [1.807, 2.05) is 0 Å². The first-order valence-corrected chi connectivity index (χ1v) is 13.5. The number of phenolic OH excluding ortho intramolecular Hbond substituents is 2. The number of aliphatic hydroxyl groups is 8. The molecular weight excluding hydrogens is 592 g/mol. The SMILES string of the molecule is COc1cc(C2Oc3cc(O)cc(O[C@@H]4O[C@@H](CO)[C@@H](O)[C@H](O)[C@H]4O)c3C=C2O[C@@H]2O[C@H](CO)[C@H](O)[C@H](O)[C@H]2O)ccc1O. The first-order valence-electron chi connectivity index (χ1n) is 13.5. The molecule has 16 heteroatoms. The van der Waals surface area contributed by atoms with Crippen molar-refractivity contribution in [1.29, 1.82) is 0 Å². The van der Waals surface area contributed by atoms with Crippen LogP contribution >= 0.6 is 0 Å². The third-order valence-electron chi connectivity index (χ3n) is 7.58. The summed E-state index contributed by atoms with van der Waals surface area (Å²) < 4.78 is 34.0. The lowest BCUT2D eigenvalue weighted by Gasteiger charge is -2.41. The van der Waals surface area contributed by atoms with Crippen molar-refractivity contribution < 1.29 is 79.5 Å². The minimum atomic E-state index is -1.78. The predicted octanol–water partition coefficient (Wildman–Crippen LogP) is -2.42. The van der Waals surface area contributed by atoms with Gasteiger partial charge in [0.25, 0.3) is 0 Å². The highest BCUT2D eigenvalue weighted by atomic mass is 16.7. The molecule has 11 atom stereocenters. The molecule has 16 nitrogen and oxygen atoms in total. The van der Waals surface area contributed by atoms with Gasteiger partial charge in [0.2, 0.25) is 12.6 Å². The lowest BCUT2D eigenvalue weighted by Crippen LogP contribution is -2.60. The van der Waals surface area contributed by atoms with Crippen molar-refractivity contribution in [3.8, 4) is 28.7 Å². The molecule has 0 radical (unpaired) electrons. The fraction of sp³-hybridized carbons (Fsp3) is 0.500. The van der Waals surface area contributed by atoms with E-state index in [2.05, 4.69) is 0 Å². The Morgan fingerprint density at radius 1 is 0.705 bits per heavy atom. The molecule has 2 aromatic carbocycles. The zero-order chi connectivity index (χ0) is 31.9. The van der Waals surface area contributed by atoms with Crippen LogP contribution in [0.25, 0.3) is 6.08 Å². The monoisotopic (exact) mass is 626 g/mol. The quantitative estimate of drug-likeness (QED) is 0.146. The highest BCUT2D eigenvalue weighted by Crippen LogP contribution is 2.46. The fourth-order valence-corrected chi connectivity index (χ4v) is 5.10. The van der Waals surface area contributed by atoms with Gasteiger partial charge in [-0.3, -0.25) is 0 Å². The largest absolute Gasteiger partial charge is 0.508 e. The van der Waals surface area contributed by atoms with Crippen LogP contribution in [0.1, 0.15) is 17.2 Å². The maximum Gasteiger partial charge on any atom is 0.229 e. The smallest absolute Gasteiger partial charge is 0.229 e. The van der Waals surface area contributed by atoms with Gasteiger partial charge in [0.1, 0.15) is 71.8 Å². The molecule has 2 fully saturated rings. The lowest BCUT2D eigenvalue weighted by molar-refractivity contribution is -0.293. The van der Waals surface area contributed by atoms with Crippen molar-refractivity contribution in [2.24, 2.45) is 0 Å². The summed E-state index contributed by atoms with van der Waals surface area (Å²) in [5, 5.41) is 102. The second kappa shape index (κ2) is 12.9. The van der Waals surface area contributed by atoms with E-state index in [0.717, 1.165) is 6.07 Å². The highest BCUT2D eigenvalue weighted by Gasteiger charge is 2.47. The van der Waals surface area contributed by atoms with Crippen molar-refractivity contribution in [2.45, 2.75) is 67.5 Å². The first-order chi connectivity index (χ1) is 21.0. The van der Waals surface area contributed by atoms with Crippen LogP contribution in [-0.4, -0.2) is 133 Å². The zero-order valence-electron chi connectivity index (χ0n) is 23.2. The molecular formula is C28H34O16. The number of phenols is 2. The Morgan fingerprint density at radius 3 is 1.86 bits per heavy atom. The number of fused-ring (bicyclic) bond motifs is 1. The van der Waals surface area contributed by atoms with Gasteiger partial charge in [0.15, 0.2) is 17.6 Å². The molecule has 3 heterocycles. The Hall–Kier alpha value is -3.42. The molecule has 2 aromatic rings. The van der Waals surface area contributed by atoms with Crippen LogP contribution in [0.4, 0.5) is 0 Å². The van der Waals surface area contributed by atoms with E-state index >= 15 is 0 Å². The van der Waals surface area contributed by atoms with Crippen molar-refractivity contribution in [3.05, 3.63) is 47.2 Å². The van der Waals surface area contributed by atoms with E-state index in [4.69, 9.17) is 28.4 Å². The molecule has 3 aliphatic heterocycles. The van der Waals surface area contributed by atoms with Crippen molar-refractivity contribution in [1.82, 2.24) is 0 Å². The van der Waals surface area contributed by atoms with Crippen LogP contribution < -0.4 is 14.2 Å². The molecule has 0 amide bonds. The summed E-state index contributed by atoms with van der Waals surface area (Å²) in [7, 11) is 1.33. The standard InChI is InChI=1S/C28H34O16/c1-39-16-4-10(2-3-13(16)32)26-17(42-28-25(38)23(36)21(34)19(9-30)44-28)7-12-14(40-26)5-11(31)6-15(12)41-27-24(37)22(35)20(33)18(8-29)43-27/h2-7,18-38H,8-9H2,1H3/t18-,19+,20+,21-,22-,23-,24+,25+,26?,27+,28+/m0/s1. The van der Waals surface area contributed by atoms with Crippen LogP contribution in [0.15, 0.2) is 36.1 Å². The number of benzene rings is 2. The van der Waals surface area contributed by atoms with E-state index < -0.39 is 80.7 Å². The molecule has 0 aromatic heterocycles. The van der Waals surface area contributed by atoms with Crippen LogP contribution in [-0.2, 0) is 14.2 Å². The van der Waals surface area contributed by atoms with Gasteiger partial charge < -0.3 is 79.5 Å². The van der Waals surface area contributed by atoms with Gasteiger partial charge in [-0.25, -0.2) is 0 Å². The summed E-state index contributed by atoms with van der Waals surface area (Å²) in [5.41, 5.74) is 0.447. The number of rotatable bonds is 8. The van der Waals surface area contributed by atoms with Gasteiger partial charge in [-0.15, -0.1) is 0 Å². The second-order valence-electron chi connectivity index (χ2n) is 10.5. The molecule has 2 saturated heterocycles. The van der Waals surface area contributed by atoms with Crippen molar-refractivity contribution in [2.75, 3.05) is 20.3 Å².